The van der Waals surface area contributed by atoms with Gasteiger partial charge in [0.1, 0.15) is 0 Å². The third-order valence-electron chi connectivity index (χ3n) is 3.47. The molecule has 0 aliphatic rings. The van der Waals surface area contributed by atoms with Gasteiger partial charge < -0.3 is 14.8 Å². The summed E-state index contributed by atoms with van der Waals surface area (Å²) in [6, 6.07) is 14.9. The molecule has 0 atom stereocenters. The van der Waals surface area contributed by atoms with E-state index in [2.05, 4.69) is 5.32 Å². The third kappa shape index (κ3) is 4.04. The third-order valence-corrected chi connectivity index (χ3v) is 4.67. The van der Waals surface area contributed by atoms with Gasteiger partial charge in [0.25, 0.3) is 5.91 Å². The average Bonchev–Trinajstić information content (AvgIpc) is 3.18. The van der Waals surface area contributed by atoms with E-state index in [0.717, 1.165) is 0 Å². The predicted octanol–water partition coefficient (Wildman–Crippen LogP) is 4.88. The highest BCUT2D eigenvalue weighted by atomic mass is 35.5. The molecule has 0 radical (unpaired) electrons. The number of benzene rings is 2. The fraction of sp³-hybridized carbons (Fsp3) is 0.0526. The second kappa shape index (κ2) is 8.03. The Balaban J connectivity index is 1.80. The van der Waals surface area contributed by atoms with Gasteiger partial charge >= 0.3 is 5.97 Å². The zero-order valence-electron chi connectivity index (χ0n) is 13.7. The number of ether oxygens (including phenoxy) is 2. The lowest BCUT2D eigenvalue weighted by molar-refractivity contribution is 0.0729. The highest BCUT2D eigenvalue weighted by Gasteiger charge is 2.15. The molecule has 0 unspecified atom stereocenters. The summed E-state index contributed by atoms with van der Waals surface area (Å²) in [6.45, 7) is 0. The molecule has 0 spiro atoms. The quantitative estimate of drug-likeness (QED) is 0.500. The van der Waals surface area contributed by atoms with Gasteiger partial charge in [-0.25, -0.2) is 4.79 Å². The first-order valence-electron chi connectivity index (χ1n) is 7.58. The first-order chi connectivity index (χ1) is 12.6. The second-order valence-corrected chi connectivity index (χ2v) is 6.52. The van der Waals surface area contributed by atoms with E-state index in [1.165, 1.54) is 36.6 Å². The Labute approximate surface area is 159 Å². The van der Waals surface area contributed by atoms with Gasteiger partial charge in [-0.15, -0.1) is 11.3 Å². The van der Waals surface area contributed by atoms with Crippen molar-refractivity contribution >= 4 is 40.5 Å². The molecule has 3 aromatic rings. The molecule has 0 fully saturated rings. The minimum absolute atomic E-state index is 0.252. The number of para-hydroxylation sites is 2. The van der Waals surface area contributed by atoms with Crippen LogP contribution in [0, 0.1) is 0 Å². The number of carbonyl (C=O) groups excluding carboxylic acids is 2. The van der Waals surface area contributed by atoms with E-state index in [1.807, 2.05) is 0 Å². The van der Waals surface area contributed by atoms with Crippen molar-refractivity contribution in [3.8, 4) is 11.5 Å². The Morgan fingerprint density at radius 1 is 1.04 bits per heavy atom. The summed E-state index contributed by atoms with van der Waals surface area (Å²) >= 11 is 7.44. The molecule has 3 rings (SSSR count). The maximum Gasteiger partial charge on any atom is 0.343 e. The molecule has 1 amide bonds. The number of hydrogen-bond donors (Lipinski definition) is 1. The van der Waals surface area contributed by atoms with Crippen molar-refractivity contribution in [1.29, 1.82) is 0 Å². The minimum atomic E-state index is -0.585. The van der Waals surface area contributed by atoms with E-state index in [0.29, 0.717) is 27.1 Å². The van der Waals surface area contributed by atoms with E-state index < -0.39 is 5.97 Å². The van der Waals surface area contributed by atoms with Crippen LogP contribution in [0.3, 0.4) is 0 Å². The largest absolute Gasteiger partial charge is 0.493 e. The summed E-state index contributed by atoms with van der Waals surface area (Å²) < 4.78 is 10.5. The number of esters is 1. The lowest BCUT2D eigenvalue weighted by atomic mass is 10.2. The van der Waals surface area contributed by atoms with Crippen molar-refractivity contribution in [2.24, 2.45) is 0 Å². The molecule has 7 heteroatoms. The number of carbonyl (C=O) groups is 2. The average molecular weight is 388 g/mol. The first kappa shape index (κ1) is 18.0. The van der Waals surface area contributed by atoms with Crippen LogP contribution in [0.4, 0.5) is 5.69 Å². The monoisotopic (exact) mass is 387 g/mol. The highest BCUT2D eigenvalue weighted by Crippen LogP contribution is 2.28. The van der Waals surface area contributed by atoms with E-state index in [4.69, 9.17) is 21.1 Å². The van der Waals surface area contributed by atoms with Crippen LogP contribution < -0.4 is 14.8 Å². The molecule has 1 aromatic heterocycles. The van der Waals surface area contributed by atoms with E-state index in [9.17, 15) is 9.59 Å². The van der Waals surface area contributed by atoms with Gasteiger partial charge in [-0.3, -0.25) is 4.79 Å². The van der Waals surface area contributed by atoms with Crippen molar-refractivity contribution in [3.05, 3.63) is 75.4 Å². The van der Waals surface area contributed by atoms with Crippen LogP contribution in [0.15, 0.2) is 60.0 Å². The summed E-state index contributed by atoms with van der Waals surface area (Å²) in [5, 5.41) is 4.83. The molecule has 26 heavy (non-hydrogen) atoms. The number of halogens is 1. The fourth-order valence-electron chi connectivity index (χ4n) is 2.20. The van der Waals surface area contributed by atoms with Crippen molar-refractivity contribution in [3.63, 3.8) is 0 Å². The van der Waals surface area contributed by atoms with Gasteiger partial charge in [0.2, 0.25) is 0 Å². The summed E-state index contributed by atoms with van der Waals surface area (Å²) in [4.78, 5) is 25.2. The lowest BCUT2D eigenvalue weighted by Gasteiger charge is -2.11. The number of thiophene rings is 1. The van der Waals surface area contributed by atoms with Crippen molar-refractivity contribution in [2.45, 2.75) is 0 Å². The summed E-state index contributed by atoms with van der Waals surface area (Å²) in [6.07, 6.45) is 0. The zero-order valence-corrected chi connectivity index (χ0v) is 15.3. The maximum absolute atomic E-state index is 12.4. The standard InChI is InChI=1S/C19H14ClNO4S/c1-24-15-5-2-3-6-16(15)25-19(23)12-8-9-13(20)14(11-12)21-18(22)17-7-4-10-26-17/h2-11H,1H3,(H,21,22). The minimum Gasteiger partial charge on any atom is -0.493 e. The molecule has 1 N–H and O–H groups in total. The lowest BCUT2D eigenvalue weighted by Crippen LogP contribution is -2.13. The maximum atomic E-state index is 12.4. The number of anilines is 1. The molecule has 0 bridgehead atoms. The van der Waals surface area contributed by atoms with Crippen molar-refractivity contribution in [2.75, 3.05) is 12.4 Å². The van der Waals surface area contributed by atoms with Crippen LogP contribution in [0.2, 0.25) is 5.02 Å². The second-order valence-electron chi connectivity index (χ2n) is 5.17. The van der Waals surface area contributed by atoms with Gasteiger partial charge in [0.05, 0.1) is 28.3 Å². The van der Waals surface area contributed by atoms with E-state index >= 15 is 0 Å². The summed E-state index contributed by atoms with van der Waals surface area (Å²) in [5.41, 5.74) is 0.585. The first-order valence-corrected chi connectivity index (χ1v) is 8.84. The van der Waals surface area contributed by atoms with Gasteiger partial charge in [0, 0.05) is 0 Å². The Morgan fingerprint density at radius 2 is 1.81 bits per heavy atom. The van der Waals surface area contributed by atoms with Gasteiger partial charge in [-0.2, -0.15) is 0 Å². The number of rotatable bonds is 5. The zero-order chi connectivity index (χ0) is 18.5. The molecule has 2 aromatic carbocycles. The number of methoxy groups -OCH3 is 1. The van der Waals surface area contributed by atoms with Gasteiger partial charge in [0.15, 0.2) is 11.5 Å². The van der Waals surface area contributed by atoms with Crippen LogP contribution in [0.25, 0.3) is 0 Å². The molecular weight excluding hydrogens is 374 g/mol. The SMILES string of the molecule is COc1ccccc1OC(=O)c1ccc(Cl)c(NC(=O)c2cccs2)c1. The summed E-state index contributed by atoms with van der Waals surface area (Å²) in [7, 11) is 1.49. The number of hydrogen-bond acceptors (Lipinski definition) is 5. The van der Waals surface area contributed by atoms with Crippen LogP contribution in [-0.4, -0.2) is 19.0 Å². The topological polar surface area (TPSA) is 64.6 Å². The molecular formula is C19H14ClNO4S. The Kier molecular flexibility index (Phi) is 5.55. The van der Waals surface area contributed by atoms with Gasteiger partial charge in [-0.1, -0.05) is 29.8 Å². The molecule has 5 nitrogen and oxygen atoms in total. The highest BCUT2D eigenvalue weighted by molar-refractivity contribution is 7.12. The van der Waals surface area contributed by atoms with Gasteiger partial charge in [-0.05, 0) is 41.8 Å². The Bertz CT molecular complexity index is 940. The van der Waals surface area contributed by atoms with Crippen LogP contribution >= 0.6 is 22.9 Å². The Morgan fingerprint density at radius 3 is 2.50 bits per heavy atom. The molecule has 0 saturated heterocycles. The van der Waals surface area contributed by atoms with Crippen molar-refractivity contribution in [1.82, 2.24) is 0 Å². The van der Waals surface area contributed by atoms with E-state index in [-0.39, 0.29) is 11.5 Å². The van der Waals surface area contributed by atoms with Crippen LogP contribution in [-0.2, 0) is 0 Å². The fourth-order valence-corrected chi connectivity index (χ4v) is 2.99. The Hall–Kier alpha value is -2.83. The van der Waals surface area contributed by atoms with Crippen LogP contribution in [0.5, 0.6) is 11.5 Å². The number of nitrogens with one attached hydrogen (secondary N) is 1. The molecule has 1 heterocycles. The predicted molar refractivity (Wildman–Crippen MR) is 102 cm³/mol. The molecule has 0 saturated carbocycles. The van der Waals surface area contributed by atoms with Crippen molar-refractivity contribution < 1.29 is 19.1 Å². The van der Waals surface area contributed by atoms with E-state index in [1.54, 1.807) is 41.8 Å². The summed E-state index contributed by atoms with van der Waals surface area (Å²) in [5.74, 6) is -0.130. The molecule has 0 aliphatic carbocycles. The normalized spacial score (nSPS) is 10.2. The van der Waals surface area contributed by atoms with Crippen LogP contribution in [0.1, 0.15) is 20.0 Å². The number of amides is 1. The molecule has 0 aliphatic heterocycles. The smallest absolute Gasteiger partial charge is 0.343 e. The molecule has 132 valence electrons.